The zero-order valence-corrected chi connectivity index (χ0v) is 17.9. The lowest BCUT2D eigenvalue weighted by atomic mass is 10.1. The van der Waals surface area contributed by atoms with Crippen LogP contribution >= 0.6 is 0 Å². The second-order valence-corrected chi connectivity index (χ2v) is 7.61. The molecule has 0 unspecified atom stereocenters. The number of hydrogen-bond acceptors (Lipinski definition) is 7. The van der Waals surface area contributed by atoms with Crippen molar-refractivity contribution in [3.8, 4) is 0 Å². The van der Waals surface area contributed by atoms with Gasteiger partial charge in [-0.2, -0.15) is 0 Å². The van der Waals surface area contributed by atoms with Crippen molar-refractivity contribution >= 4 is 56.9 Å². The Hall–Kier alpha value is -4.01. The molecule has 2 amide bonds. The van der Waals surface area contributed by atoms with E-state index in [4.69, 9.17) is 4.98 Å². The number of rotatable bonds is 4. The van der Waals surface area contributed by atoms with E-state index in [1.807, 2.05) is 50.2 Å². The molecular weight excluding hydrogens is 406 g/mol. The number of benzene rings is 2. The number of aliphatic imine (C=N–C) groups is 2. The molecule has 32 heavy (non-hydrogen) atoms. The Bertz CT molecular complexity index is 1220. The molecule has 3 heterocycles. The summed E-state index contributed by atoms with van der Waals surface area (Å²) in [5, 5.41) is 8.51. The number of likely N-dealkylation sites (N-methyl/N-ethyl adjacent to an activating group) is 2. The van der Waals surface area contributed by atoms with Crippen LogP contribution in [0.4, 0.5) is 11.4 Å². The Labute approximate surface area is 184 Å². The van der Waals surface area contributed by atoms with Gasteiger partial charge in [0, 0.05) is 35.2 Å². The van der Waals surface area contributed by atoms with Crippen molar-refractivity contribution in [2.75, 3.05) is 36.8 Å². The molecule has 5 rings (SSSR count). The first-order valence-electron chi connectivity index (χ1n) is 10.6. The Morgan fingerprint density at radius 2 is 1.22 bits per heavy atom. The van der Waals surface area contributed by atoms with Gasteiger partial charge >= 0.3 is 0 Å². The number of carbonyl (C=O) groups excluding carboxylic acids is 2. The zero-order valence-electron chi connectivity index (χ0n) is 17.9. The number of amides is 2. The van der Waals surface area contributed by atoms with Gasteiger partial charge in [-0.15, -0.1) is 0 Å². The van der Waals surface area contributed by atoms with E-state index in [-0.39, 0.29) is 24.9 Å². The van der Waals surface area contributed by atoms with Crippen molar-refractivity contribution in [1.82, 2.24) is 14.8 Å². The van der Waals surface area contributed by atoms with Crippen LogP contribution in [0.5, 0.6) is 0 Å². The van der Waals surface area contributed by atoms with Crippen LogP contribution in [-0.2, 0) is 9.59 Å². The minimum atomic E-state index is -0.00450. The fourth-order valence-electron chi connectivity index (χ4n) is 3.97. The van der Waals surface area contributed by atoms with Gasteiger partial charge < -0.3 is 10.6 Å². The Kier molecular flexibility index (Phi) is 4.93. The van der Waals surface area contributed by atoms with E-state index in [0.29, 0.717) is 25.0 Å². The maximum Gasteiger partial charge on any atom is 0.251 e. The molecule has 1 aromatic heterocycles. The maximum atomic E-state index is 11.9. The van der Waals surface area contributed by atoms with Crippen LogP contribution in [0.25, 0.3) is 21.8 Å². The fourth-order valence-corrected chi connectivity index (χ4v) is 3.97. The molecule has 162 valence electrons. The number of nitrogens with zero attached hydrogens (tertiary/aromatic N) is 5. The lowest BCUT2D eigenvalue weighted by Gasteiger charge is -2.18. The maximum absolute atomic E-state index is 11.9. The summed E-state index contributed by atoms with van der Waals surface area (Å²) in [6, 6.07) is 13.9. The smallest absolute Gasteiger partial charge is 0.251 e. The quantitative estimate of drug-likeness (QED) is 0.621. The molecule has 2 aliphatic rings. The van der Waals surface area contributed by atoms with Gasteiger partial charge in [-0.1, -0.05) is 12.1 Å². The van der Waals surface area contributed by atoms with Gasteiger partial charge in [0.15, 0.2) is 0 Å². The number of pyridine rings is 1. The second kappa shape index (κ2) is 7.92. The standard InChI is InChI=1S/C23H23N7O2/c1-3-29-20(31)12-24-22(29)26-16-7-5-14-9-15-6-8-17(11-19(15)28-18(14)10-16)27-23-25-13-21(32)30(23)4-2/h5-11H,3-4,12-13H2,1-2H3,(H,24,26)(H,25,27). The van der Waals surface area contributed by atoms with Gasteiger partial charge in [-0.3, -0.25) is 19.4 Å². The second-order valence-electron chi connectivity index (χ2n) is 7.61. The Morgan fingerprint density at radius 3 is 1.66 bits per heavy atom. The number of aromatic nitrogens is 1. The lowest BCUT2D eigenvalue weighted by molar-refractivity contribution is -0.125. The predicted molar refractivity (Wildman–Crippen MR) is 126 cm³/mol. The SMILES string of the molecule is CCN1C(=O)CN=C1Nc1ccc2cc3ccc(NC4=NCC(=O)N4CC)cc3nc2c1. The molecule has 0 bridgehead atoms. The Morgan fingerprint density at radius 1 is 0.750 bits per heavy atom. The van der Waals surface area contributed by atoms with Crippen LogP contribution in [0, 0.1) is 0 Å². The van der Waals surface area contributed by atoms with Gasteiger partial charge in [0.1, 0.15) is 13.1 Å². The molecule has 0 fully saturated rings. The molecule has 3 aromatic rings. The van der Waals surface area contributed by atoms with Crippen molar-refractivity contribution in [1.29, 1.82) is 0 Å². The third-order valence-electron chi connectivity index (χ3n) is 5.60. The van der Waals surface area contributed by atoms with E-state index >= 15 is 0 Å². The van der Waals surface area contributed by atoms with Gasteiger partial charge in [0.2, 0.25) is 11.9 Å². The van der Waals surface area contributed by atoms with Crippen molar-refractivity contribution in [2.45, 2.75) is 13.8 Å². The number of guanidine groups is 2. The first-order chi connectivity index (χ1) is 15.6. The van der Waals surface area contributed by atoms with Gasteiger partial charge in [-0.05, 0) is 44.2 Å². The van der Waals surface area contributed by atoms with Crippen molar-refractivity contribution in [3.05, 3.63) is 42.5 Å². The third kappa shape index (κ3) is 3.51. The molecule has 2 aliphatic heterocycles. The van der Waals surface area contributed by atoms with Gasteiger partial charge in [0.05, 0.1) is 11.0 Å². The summed E-state index contributed by atoms with van der Waals surface area (Å²) in [6.07, 6.45) is 0. The predicted octanol–water partition coefficient (Wildman–Crippen LogP) is 2.65. The lowest BCUT2D eigenvalue weighted by Crippen LogP contribution is -2.36. The highest BCUT2D eigenvalue weighted by atomic mass is 16.2. The summed E-state index contributed by atoms with van der Waals surface area (Å²) < 4.78 is 0. The molecular formula is C23H23N7O2. The molecule has 0 atom stereocenters. The first kappa shape index (κ1) is 19.9. The van der Waals surface area contributed by atoms with Crippen LogP contribution in [0.2, 0.25) is 0 Å². The molecule has 9 heteroatoms. The minimum absolute atomic E-state index is 0.00450. The molecule has 0 radical (unpaired) electrons. The molecule has 0 saturated heterocycles. The van der Waals surface area contributed by atoms with Crippen LogP contribution in [0.1, 0.15) is 13.8 Å². The fraction of sp³-hybridized carbons (Fsp3) is 0.261. The normalized spacial score (nSPS) is 16.2. The van der Waals surface area contributed by atoms with E-state index in [1.54, 1.807) is 9.80 Å². The van der Waals surface area contributed by atoms with Crippen LogP contribution in [0.15, 0.2) is 52.4 Å². The molecule has 0 saturated carbocycles. The average molecular weight is 429 g/mol. The molecule has 0 spiro atoms. The number of anilines is 2. The Balaban J connectivity index is 1.43. The van der Waals surface area contributed by atoms with Crippen molar-refractivity contribution in [3.63, 3.8) is 0 Å². The highest BCUT2D eigenvalue weighted by molar-refractivity contribution is 6.10. The molecule has 0 aliphatic carbocycles. The molecule has 2 N–H and O–H groups in total. The van der Waals surface area contributed by atoms with E-state index in [2.05, 4.69) is 26.7 Å². The number of fused-ring (bicyclic) bond motifs is 2. The first-order valence-corrected chi connectivity index (χ1v) is 10.6. The summed E-state index contributed by atoms with van der Waals surface area (Å²) in [6.45, 7) is 5.34. The van der Waals surface area contributed by atoms with Gasteiger partial charge in [-0.25, -0.2) is 15.0 Å². The summed E-state index contributed by atoms with van der Waals surface area (Å²) in [7, 11) is 0. The van der Waals surface area contributed by atoms with Crippen LogP contribution in [0.3, 0.4) is 0 Å². The summed E-state index contributed by atoms with van der Waals surface area (Å²) in [5.74, 6) is 1.12. The summed E-state index contributed by atoms with van der Waals surface area (Å²) in [4.78, 5) is 40.5. The number of hydrogen-bond donors (Lipinski definition) is 2. The van der Waals surface area contributed by atoms with Crippen molar-refractivity contribution < 1.29 is 9.59 Å². The van der Waals surface area contributed by atoms with Crippen LogP contribution < -0.4 is 10.6 Å². The largest absolute Gasteiger partial charge is 0.326 e. The number of nitrogens with one attached hydrogen (secondary N) is 2. The average Bonchev–Trinajstić information content (AvgIpc) is 3.33. The monoisotopic (exact) mass is 429 g/mol. The van der Waals surface area contributed by atoms with Crippen molar-refractivity contribution in [2.24, 2.45) is 9.98 Å². The number of carbonyl (C=O) groups is 2. The van der Waals surface area contributed by atoms with E-state index in [0.717, 1.165) is 33.2 Å². The third-order valence-corrected chi connectivity index (χ3v) is 5.60. The molecule has 9 nitrogen and oxygen atoms in total. The minimum Gasteiger partial charge on any atom is -0.326 e. The topological polar surface area (TPSA) is 102 Å². The van der Waals surface area contributed by atoms with Crippen LogP contribution in [-0.4, -0.2) is 64.7 Å². The van der Waals surface area contributed by atoms with E-state index < -0.39 is 0 Å². The molecule has 2 aromatic carbocycles. The highest BCUT2D eigenvalue weighted by Gasteiger charge is 2.24. The van der Waals surface area contributed by atoms with E-state index in [1.165, 1.54) is 0 Å². The zero-order chi connectivity index (χ0) is 22.2. The van der Waals surface area contributed by atoms with E-state index in [9.17, 15) is 9.59 Å². The summed E-state index contributed by atoms with van der Waals surface area (Å²) >= 11 is 0. The summed E-state index contributed by atoms with van der Waals surface area (Å²) in [5.41, 5.74) is 3.30. The van der Waals surface area contributed by atoms with Gasteiger partial charge in [0.25, 0.3) is 11.8 Å². The highest BCUT2D eigenvalue weighted by Crippen LogP contribution is 2.25.